The predicted molar refractivity (Wildman–Crippen MR) is 107 cm³/mol. The maximum atomic E-state index is 6.31. The molecule has 2 aromatic heterocycles. The van der Waals surface area contributed by atoms with Gasteiger partial charge in [-0.25, -0.2) is 0 Å². The number of rotatable bonds is 3. The highest BCUT2D eigenvalue weighted by Gasteiger charge is 2.39. The molecule has 3 heterocycles. The standard InChI is InChI=1S/C19H15Cl2N3OS/c1-24-18(17(23-19(24)26)14-4-2-3-9-22-14)16-8-7-15(25-16)12-6-5-11(20)10-13(12)21/h2-10,17-18H,1H3,(H,23,26)/t17-,18+/m1/s1. The van der Waals surface area contributed by atoms with Crippen molar-refractivity contribution >= 4 is 40.5 Å². The van der Waals surface area contributed by atoms with Crippen LogP contribution in [0.4, 0.5) is 0 Å². The summed E-state index contributed by atoms with van der Waals surface area (Å²) in [5, 5.41) is 5.13. The van der Waals surface area contributed by atoms with E-state index < -0.39 is 0 Å². The quantitative estimate of drug-likeness (QED) is 0.604. The molecule has 4 nitrogen and oxygen atoms in total. The maximum absolute atomic E-state index is 6.31. The van der Waals surface area contributed by atoms with Gasteiger partial charge in [0, 0.05) is 23.8 Å². The number of benzene rings is 1. The molecular formula is C19H15Cl2N3OS. The van der Waals surface area contributed by atoms with Gasteiger partial charge in [-0.15, -0.1) is 0 Å². The lowest BCUT2D eigenvalue weighted by Crippen LogP contribution is -2.24. The number of thiocarbonyl (C=S) groups is 1. The van der Waals surface area contributed by atoms with Crippen molar-refractivity contribution in [2.45, 2.75) is 12.1 Å². The van der Waals surface area contributed by atoms with Crippen LogP contribution in [0, 0.1) is 0 Å². The minimum atomic E-state index is -0.0998. The summed E-state index contributed by atoms with van der Waals surface area (Å²) in [6.07, 6.45) is 1.77. The highest BCUT2D eigenvalue weighted by atomic mass is 35.5. The predicted octanol–water partition coefficient (Wildman–Crippen LogP) is 5.25. The van der Waals surface area contributed by atoms with Gasteiger partial charge in [-0.05, 0) is 54.7 Å². The molecule has 1 N–H and O–H groups in total. The van der Waals surface area contributed by atoms with Gasteiger partial charge in [-0.3, -0.25) is 4.98 Å². The molecule has 1 aliphatic rings. The van der Waals surface area contributed by atoms with Crippen LogP contribution in [-0.4, -0.2) is 22.0 Å². The average molecular weight is 404 g/mol. The Balaban J connectivity index is 1.72. The molecule has 1 fully saturated rings. The molecule has 1 aliphatic heterocycles. The van der Waals surface area contributed by atoms with Crippen molar-refractivity contribution in [3.8, 4) is 11.3 Å². The lowest BCUT2D eigenvalue weighted by molar-refractivity contribution is 0.310. The number of aromatic nitrogens is 1. The van der Waals surface area contributed by atoms with Crippen LogP contribution >= 0.6 is 35.4 Å². The third-order valence-corrected chi connectivity index (χ3v) is 5.41. The van der Waals surface area contributed by atoms with Crippen LogP contribution in [0.25, 0.3) is 11.3 Å². The Morgan fingerprint density at radius 2 is 2.00 bits per heavy atom. The summed E-state index contributed by atoms with van der Waals surface area (Å²) in [4.78, 5) is 6.45. The first-order valence-corrected chi connectivity index (χ1v) is 9.20. The van der Waals surface area contributed by atoms with Crippen molar-refractivity contribution in [3.63, 3.8) is 0 Å². The van der Waals surface area contributed by atoms with Crippen molar-refractivity contribution in [2.24, 2.45) is 0 Å². The summed E-state index contributed by atoms with van der Waals surface area (Å²) in [6.45, 7) is 0. The van der Waals surface area contributed by atoms with Crippen LogP contribution in [-0.2, 0) is 0 Å². The van der Waals surface area contributed by atoms with Gasteiger partial charge in [0.15, 0.2) is 5.11 Å². The molecule has 0 radical (unpaired) electrons. The Hall–Kier alpha value is -2.08. The lowest BCUT2D eigenvalue weighted by atomic mass is 10.0. The normalized spacial score (nSPS) is 19.7. The number of pyridine rings is 1. The molecule has 132 valence electrons. The summed E-state index contributed by atoms with van der Waals surface area (Å²) in [6, 6.07) is 14.9. The number of nitrogens with zero attached hydrogens (tertiary/aromatic N) is 2. The minimum Gasteiger partial charge on any atom is -0.459 e. The second kappa shape index (κ2) is 6.91. The molecule has 1 saturated heterocycles. The fourth-order valence-electron chi connectivity index (χ4n) is 3.16. The second-order valence-corrected chi connectivity index (χ2v) is 7.29. The van der Waals surface area contributed by atoms with Crippen molar-refractivity contribution in [1.29, 1.82) is 0 Å². The Kier molecular flexibility index (Phi) is 4.61. The summed E-state index contributed by atoms with van der Waals surface area (Å²) >= 11 is 17.7. The van der Waals surface area contributed by atoms with E-state index in [9.17, 15) is 0 Å². The molecule has 0 aliphatic carbocycles. The highest BCUT2D eigenvalue weighted by Crippen LogP contribution is 2.40. The number of hydrogen-bond acceptors (Lipinski definition) is 3. The van der Waals surface area contributed by atoms with Crippen LogP contribution in [0.15, 0.2) is 59.1 Å². The molecule has 0 unspecified atom stereocenters. The fourth-order valence-corrected chi connectivity index (χ4v) is 3.90. The van der Waals surface area contributed by atoms with E-state index in [4.69, 9.17) is 39.8 Å². The molecule has 0 spiro atoms. The zero-order valence-corrected chi connectivity index (χ0v) is 16.1. The lowest BCUT2D eigenvalue weighted by Gasteiger charge is -2.21. The molecule has 7 heteroatoms. The van der Waals surface area contributed by atoms with Gasteiger partial charge in [0.05, 0.1) is 16.8 Å². The topological polar surface area (TPSA) is 41.3 Å². The van der Waals surface area contributed by atoms with E-state index in [1.165, 1.54) is 0 Å². The van der Waals surface area contributed by atoms with Gasteiger partial charge in [0.1, 0.15) is 17.6 Å². The molecule has 1 aromatic carbocycles. The van der Waals surface area contributed by atoms with E-state index in [1.807, 2.05) is 48.3 Å². The Morgan fingerprint density at radius 1 is 1.15 bits per heavy atom. The zero-order chi connectivity index (χ0) is 18.3. The molecule has 0 saturated carbocycles. The Labute approximate surface area is 166 Å². The summed E-state index contributed by atoms with van der Waals surface area (Å²) in [5.41, 5.74) is 1.71. The van der Waals surface area contributed by atoms with Crippen molar-refractivity contribution in [3.05, 3.63) is 76.2 Å². The zero-order valence-electron chi connectivity index (χ0n) is 13.8. The number of halogens is 2. The van der Waals surface area contributed by atoms with Gasteiger partial charge < -0.3 is 14.6 Å². The first kappa shape index (κ1) is 17.3. The third kappa shape index (κ3) is 3.07. The van der Waals surface area contributed by atoms with Gasteiger partial charge in [-0.2, -0.15) is 0 Å². The van der Waals surface area contributed by atoms with Gasteiger partial charge >= 0.3 is 0 Å². The molecule has 0 amide bonds. The first-order chi connectivity index (χ1) is 12.5. The number of likely N-dealkylation sites (N-methyl/N-ethyl adjacent to an activating group) is 1. The Bertz CT molecular complexity index is 960. The first-order valence-electron chi connectivity index (χ1n) is 8.04. The van der Waals surface area contributed by atoms with E-state index in [1.54, 1.807) is 18.3 Å². The van der Waals surface area contributed by atoms with Gasteiger partial charge in [0.2, 0.25) is 0 Å². The van der Waals surface area contributed by atoms with E-state index in [-0.39, 0.29) is 12.1 Å². The fraction of sp³-hybridized carbons (Fsp3) is 0.158. The summed E-state index contributed by atoms with van der Waals surface area (Å²) in [7, 11) is 1.94. The summed E-state index contributed by atoms with van der Waals surface area (Å²) < 4.78 is 6.15. The number of hydrogen-bond donors (Lipinski definition) is 1. The maximum Gasteiger partial charge on any atom is 0.170 e. The summed E-state index contributed by atoms with van der Waals surface area (Å²) in [5.74, 6) is 1.48. The molecular weight excluding hydrogens is 389 g/mol. The number of nitrogens with one attached hydrogen (secondary N) is 1. The average Bonchev–Trinajstić information content (AvgIpc) is 3.21. The molecule has 26 heavy (non-hydrogen) atoms. The Morgan fingerprint density at radius 3 is 2.73 bits per heavy atom. The van der Waals surface area contributed by atoms with E-state index >= 15 is 0 Å². The monoisotopic (exact) mass is 403 g/mol. The number of furan rings is 1. The van der Waals surface area contributed by atoms with Crippen molar-refractivity contribution in [2.75, 3.05) is 7.05 Å². The third-order valence-electron chi connectivity index (χ3n) is 4.45. The van der Waals surface area contributed by atoms with Crippen LogP contribution in [0.2, 0.25) is 10.0 Å². The molecule has 2 atom stereocenters. The van der Waals surface area contributed by atoms with Crippen LogP contribution in [0.1, 0.15) is 23.5 Å². The SMILES string of the molecule is CN1C(=S)N[C@H](c2ccccn2)[C@@H]1c1ccc(-c2ccc(Cl)cc2Cl)o1. The largest absolute Gasteiger partial charge is 0.459 e. The molecule has 4 rings (SSSR count). The van der Waals surface area contributed by atoms with E-state index in [2.05, 4.69) is 10.3 Å². The van der Waals surface area contributed by atoms with Gasteiger partial charge in [0.25, 0.3) is 0 Å². The second-order valence-electron chi connectivity index (χ2n) is 6.06. The van der Waals surface area contributed by atoms with Crippen LogP contribution in [0.5, 0.6) is 0 Å². The smallest absolute Gasteiger partial charge is 0.170 e. The highest BCUT2D eigenvalue weighted by molar-refractivity contribution is 7.80. The van der Waals surface area contributed by atoms with Crippen molar-refractivity contribution in [1.82, 2.24) is 15.2 Å². The van der Waals surface area contributed by atoms with Crippen LogP contribution < -0.4 is 5.32 Å². The van der Waals surface area contributed by atoms with Gasteiger partial charge in [-0.1, -0.05) is 29.3 Å². The van der Waals surface area contributed by atoms with Crippen LogP contribution in [0.3, 0.4) is 0 Å². The van der Waals surface area contributed by atoms with E-state index in [0.29, 0.717) is 20.9 Å². The molecule has 3 aromatic rings. The van der Waals surface area contributed by atoms with Crippen molar-refractivity contribution < 1.29 is 4.42 Å². The minimum absolute atomic E-state index is 0.0895. The molecule has 0 bridgehead atoms. The van der Waals surface area contributed by atoms with E-state index in [0.717, 1.165) is 17.0 Å².